The second kappa shape index (κ2) is 11.7. The molecule has 1 aliphatic heterocycles. The number of aliphatic imine (C=N–C) groups is 1. The van der Waals surface area contributed by atoms with Crippen molar-refractivity contribution < 1.29 is 0 Å². The molecule has 256 valence electrons. The predicted molar refractivity (Wildman–Crippen MR) is 229 cm³/mol. The Morgan fingerprint density at radius 1 is 0.481 bits per heavy atom. The Kier molecular flexibility index (Phi) is 6.76. The van der Waals surface area contributed by atoms with E-state index in [1.165, 1.54) is 76.8 Å². The third-order valence-corrected chi connectivity index (χ3v) is 12.1. The van der Waals surface area contributed by atoms with E-state index in [0.29, 0.717) is 0 Å². The molecule has 0 saturated heterocycles. The lowest BCUT2D eigenvalue weighted by atomic mass is 9.79. The van der Waals surface area contributed by atoms with Gasteiger partial charge in [-0.3, -0.25) is 4.99 Å². The summed E-state index contributed by atoms with van der Waals surface area (Å²) < 4.78 is 0. The number of nitrogens with zero attached hydrogens (tertiary/aromatic N) is 2. The van der Waals surface area contributed by atoms with Gasteiger partial charge in [-0.05, 0) is 107 Å². The van der Waals surface area contributed by atoms with Crippen molar-refractivity contribution in [2.45, 2.75) is 31.3 Å². The average molecular weight is 691 g/mol. The number of fused-ring (bicyclic) bond motifs is 7. The van der Waals surface area contributed by atoms with Crippen molar-refractivity contribution >= 4 is 43.8 Å². The van der Waals surface area contributed by atoms with Crippen molar-refractivity contribution in [2.24, 2.45) is 4.99 Å². The normalized spacial score (nSPS) is 17.9. The van der Waals surface area contributed by atoms with E-state index >= 15 is 0 Å². The Labute approximate surface area is 316 Å². The number of benzene rings is 8. The Hall–Kier alpha value is -6.51. The van der Waals surface area contributed by atoms with Crippen molar-refractivity contribution in [1.82, 2.24) is 0 Å². The highest BCUT2D eigenvalue weighted by molar-refractivity contribution is 6.23. The van der Waals surface area contributed by atoms with Gasteiger partial charge in [0.05, 0.1) is 12.1 Å². The highest BCUT2D eigenvalue weighted by atomic mass is 15.3. The fourth-order valence-electron chi connectivity index (χ4n) is 9.51. The van der Waals surface area contributed by atoms with E-state index in [4.69, 9.17) is 4.99 Å². The maximum absolute atomic E-state index is 5.29. The number of anilines is 1. The quantitative estimate of drug-likeness (QED) is 0.168. The smallest absolute Gasteiger partial charge is 0.136 e. The van der Waals surface area contributed by atoms with Gasteiger partial charge < -0.3 is 4.90 Å². The van der Waals surface area contributed by atoms with Gasteiger partial charge in [-0.1, -0.05) is 166 Å². The zero-order valence-electron chi connectivity index (χ0n) is 30.4. The molecule has 0 saturated carbocycles. The van der Waals surface area contributed by atoms with Gasteiger partial charge in [0.2, 0.25) is 0 Å². The Bertz CT molecular complexity index is 2910. The van der Waals surface area contributed by atoms with Gasteiger partial charge in [-0.2, -0.15) is 0 Å². The lowest BCUT2D eigenvalue weighted by Gasteiger charge is -2.29. The van der Waals surface area contributed by atoms with Gasteiger partial charge in [-0.25, -0.2) is 0 Å². The molecule has 0 bridgehead atoms. The van der Waals surface area contributed by atoms with Crippen LogP contribution in [0.4, 0.5) is 5.69 Å². The number of rotatable bonds is 4. The number of allylic oxidation sites excluding steroid dienone is 2. The monoisotopic (exact) mass is 690 g/mol. The molecule has 11 rings (SSSR count). The zero-order valence-corrected chi connectivity index (χ0v) is 30.4. The Balaban J connectivity index is 1.15. The van der Waals surface area contributed by atoms with Crippen LogP contribution >= 0.6 is 0 Å². The van der Waals surface area contributed by atoms with Crippen LogP contribution in [0.5, 0.6) is 0 Å². The number of amidine groups is 1. The Morgan fingerprint density at radius 2 is 1.11 bits per heavy atom. The minimum absolute atomic E-state index is 0.0923. The topological polar surface area (TPSA) is 15.6 Å². The summed E-state index contributed by atoms with van der Waals surface area (Å²) >= 11 is 0. The van der Waals surface area contributed by atoms with Crippen LogP contribution in [0, 0.1) is 0 Å². The first-order valence-electron chi connectivity index (χ1n) is 19.0. The largest absolute Gasteiger partial charge is 0.317 e. The molecule has 2 nitrogen and oxygen atoms in total. The summed E-state index contributed by atoms with van der Waals surface area (Å²) in [5.74, 6) is 1.01. The summed E-state index contributed by atoms with van der Waals surface area (Å²) in [7, 11) is 0. The maximum atomic E-state index is 5.29. The molecule has 0 amide bonds. The van der Waals surface area contributed by atoms with E-state index in [-0.39, 0.29) is 17.5 Å². The highest BCUT2D eigenvalue weighted by Crippen LogP contribution is 2.53. The van der Waals surface area contributed by atoms with Crippen LogP contribution in [0.3, 0.4) is 0 Å². The summed E-state index contributed by atoms with van der Waals surface area (Å²) in [6.07, 6.45) is 8.76. The third kappa shape index (κ3) is 4.56. The van der Waals surface area contributed by atoms with Crippen LogP contribution in [0.25, 0.3) is 65.7 Å². The molecular formula is C52H38N2. The highest BCUT2D eigenvalue weighted by Gasteiger charge is 2.37. The molecule has 0 radical (unpaired) electrons. The van der Waals surface area contributed by atoms with Gasteiger partial charge in [0, 0.05) is 16.7 Å². The lowest BCUT2D eigenvalue weighted by molar-refractivity contribution is 0.661. The van der Waals surface area contributed by atoms with E-state index in [9.17, 15) is 0 Å². The molecule has 8 aromatic rings. The fourth-order valence-corrected chi connectivity index (χ4v) is 9.51. The van der Waals surface area contributed by atoms with E-state index < -0.39 is 0 Å². The third-order valence-electron chi connectivity index (χ3n) is 12.1. The maximum Gasteiger partial charge on any atom is 0.136 e. The molecule has 8 aromatic carbocycles. The number of para-hydroxylation sites is 1. The lowest BCUT2D eigenvalue weighted by Crippen LogP contribution is -2.39. The van der Waals surface area contributed by atoms with Crippen LogP contribution in [-0.2, 0) is 5.41 Å². The fraction of sp³-hybridized carbons (Fsp3) is 0.0962. The molecule has 2 atom stereocenters. The van der Waals surface area contributed by atoms with Crippen molar-refractivity contribution in [1.29, 1.82) is 0 Å². The standard InChI is InChI=1S/C52H38N2/c1-52(2)45-21-11-10-18-39(45)42-31-43-44(32-46(42)52)50(37-29-24-33-14-6-7-15-36(33)30-37)41-20-9-8-19-40(41)49(43)34-25-27-35(28-26-34)51-53-47-22-12-13-23-48(47)54(51)38-16-4-3-5-17-38/h3-32,47-48H,1-2H3. The molecule has 0 spiro atoms. The molecule has 0 fully saturated rings. The SMILES string of the molecule is CC1(C)c2ccccc2-c2cc3c(-c4ccc(C5=NC6C=CC=CC6N5c5ccccc5)cc4)c4ccccc4c(-c4ccc5ccccc5c4)c3cc21. The summed E-state index contributed by atoms with van der Waals surface area (Å²) in [5.41, 5.74) is 12.6. The van der Waals surface area contributed by atoms with E-state index in [1.807, 2.05) is 0 Å². The molecule has 2 unspecified atom stereocenters. The molecule has 2 aliphatic carbocycles. The van der Waals surface area contributed by atoms with Gasteiger partial charge in [0.15, 0.2) is 0 Å². The van der Waals surface area contributed by atoms with Crippen molar-refractivity contribution in [3.8, 4) is 33.4 Å². The van der Waals surface area contributed by atoms with Crippen LogP contribution < -0.4 is 4.90 Å². The minimum Gasteiger partial charge on any atom is -0.317 e. The van der Waals surface area contributed by atoms with Crippen LogP contribution in [0.2, 0.25) is 0 Å². The van der Waals surface area contributed by atoms with Crippen molar-refractivity contribution in [3.05, 3.63) is 199 Å². The van der Waals surface area contributed by atoms with Crippen LogP contribution in [0.1, 0.15) is 30.5 Å². The number of hydrogen-bond acceptors (Lipinski definition) is 2. The predicted octanol–water partition coefficient (Wildman–Crippen LogP) is 12.9. The number of hydrogen-bond donors (Lipinski definition) is 0. The molecule has 0 aromatic heterocycles. The molecule has 1 heterocycles. The Morgan fingerprint density at radius 3 is 1.93 bits per heavy atom. The van der Waals surface area contributed by atoms with Crippen LogP contribution in [-0.4, -0.2) is 17.9 Å². The van der Waals surface area contributed by atoms with Gasteiger partial charge in [-0.15, -0.1) is 0 Å². The molecule has 54 heavy (non-hydrogen) atoms. The van der Waals surface area contributed by atoms with Gasteiger partial charge in [0.25, 0.3) is 0 Å². The first-order chi connectivity index (χ1) is 26.5. The zero-order chi connectivity index (χ0) is 36.0. The summed E-state index contributed by atoms with van der Waals surface area (Å²) in [6.45, 7) is 4.76. The van der Waals surface area contributed by atoms with Crippen molar-refractivity contribution in [2.75, 3.05) is 4.90 Å². The molecule has 3 aliphatic rings. The summed E-state index contributed by atoms with van der Waals surface area (Å²) in [4.78, 5) is 7.68. The first-order valence-corrected chi connectivity index (χ1v) is 19.0. The molecule has 2 heteroatoms. The first kappa shape index (κ1) is 31.1. The van der Waals surface area contributed by atoms with Crippen molar-refractivity contribution in [3.63, 3.8) is 0 Å². The van der Waals surface area contributed by atoms with Gasteiger partial charge >= 0.3 is 0 Å². The summed E-state index contributed by atoms with van der Waals surface area (Å²) in [5, 5.41) is 7.61. The minimum atomic E-state index is -0.109. The second-order valence-electron chi connectivity index (χ2n) is 15.5. The second-order valence-corrected chi connectivity index (χ2v) is 15.5. The van der Waals surface area contributed by atoms with Crippen LogP contribution in [0.15, 0.2) is 187 Å². The van der Waals surface area contributed by atoms with Gasteiger partial charge in [0.1, 0.15) is 5.84 Å². The molecular weight excluding hydrogens is 653 g/mol. The van der Waals surface area contributed by atoms with E-state index in [2.05, 4.69) is 201 Å². The molecule has 0 N–H and O–H groups in total. The average Bonchev–Trinajstić information content (AvgIpc) is 3.72. The van der Waals surface area contributed by atoms with E-state index in [1.54, 1.807) is 0 Å². The summed E-state index contributed by atoms with van der Waals surface area (Å²) in [6, 6.07) is 58.8. The van der Waals surface area contributed by atoms with E-state index in [0.717, 1.165) is 17.1 Å².